The van der Waals surface area contributed by atoms with E-state index in [-0.39, 0.29) is 11.1 Å². The molecule has 1 aromatic heterocycles. The van der Waals surface area contributed by atoms with Gasteiger partial charge in [-0.15, -0.1) is 0 Å². The topological polar surface area (TPSA) is 56.6 Å². The van der Waals surface area contributed by atoms with Crippen molar-refractivity contribution in [3.05, 3.63) is 106 Å². The first kappa shape index (κ1) is 17.5. The third-order valence-corrected chi connectivity index (χ3v) is 4.88. The molecule has 0 atom stereocenters. The molecule has 3 aromatic carbocycles. The van der Waals surface area contributed by atoms with Crippen LogP contribution in [0, 0.1) is 18.3 Å². The first-order valence-electron chi connectivity index (χ1n) is 9.06. The summed E-state index contributed by atoms with van der Waals surface area (Å²) in [5.74, 6) is 0. The maximum absolute atomic E-state index is 12.6. The molecular weight excluding hydrogens is 344 g/mol. The minimum atomic E-state index is -0.370. The fourth-order valence-corrected chi connectivity index (χ4v) is 3.39. The number of rotatable bonds is 3. The minimum Gasteiger partial charge on any atom is -0.321 e. The molecule has 0 saturated carbocycles. The van der Waals surface area contributed by atoms with Crippen LogP contribution in [0.4, 0.5) is 0 Å². The lowest BCUT2D eigenvalue weighted by atomic mass is 9.95. The summed E-state index contributed by atoms with van der Waals surface area (Å²) in [4.78, 5) is 15.4. The number of nitrogens with zero attached hydrogens (tertiary/aromatic N) is 1. The van der Waals surface area contributed by atoms with Gasteiger partial charge in [0.25, 0.3) is 5.56 Å². The smallest absolute Gasteiger partial charge is 0.266 e. The molecule has 3 heteroatoms. The predicted octanol–water partition coefficient (Wildman–Crippen LogP) is 5.56. The Labute approximate surface area is 163 Å². The summed E-state index contributed by atoms with van der Waals surface area (Å²) in [6.45, 7) is 1.98. The van der Waals surface area contributed by atoms with E-state index >= 15 is 0 Å². The number of aromatic amines is 1. The zero-order valence-corrected chi connectivity index (χ0v) is 15.4. The minimum absolute atomic E-state index is 0.138. The van der Waals surface area contributed by atoms with E-state index in [1.807, 2.05) is 79.7 Å². The summed E-state index contributed by atoms with van der Waals surface area (Å²) in [5, 5.41) is 9.51. The van der Waals surface area contributed by atoms with Crippen LogP contribution in [0.3, 0.4) is 0 Å². The van der Waals surface area contributed by atoms with Gasteiger partial charge in [0, 0.05) is 11.3 Å². The maximum Gasteiger partial charge on any atom is 0.266 e. The molecule has 0 aliphatic rings. The van der Waals surface area contributed by atoms with Gasteiger partial charge in [0.15, 0.2) is 0 Å². The Morgan fingerprint density at radius 1 is 0.750 bits per heavy atom. The van der Waals surface area contributed by atoms with Crippen LogP contribution in [0.1, 0.15) is 11.1 Å². The molecule has 0 spiro atoms. The standard InChI is InChI=1S/C25H18N2O/c1-17-7-5-6-10-21(17)22-15-24(27-25(28)23(22)16-26)20-13-11-19(12-14-20)18-8-3-2-4-9-18/h2-15H,1H3,(H,27,28). The summed E-state index contributed by atoms with van der Waals surface area (Å²) in [7, 11) is 0. The molecule has 0 saturated heterocycles. The van der Waals surface area contributed by atoms with Crippen molar-refractivity contribution >= 4 is 0 Å². The van der Waals surface area contributed by atoms with E-state index < -0.39 is 0 Å². The van der Waals surface area contributed by atoms with E-state index in [0.717, 1.165) is 27.8 Å². The highest BCUT2D eigenvalue weighted by atomic mass is 16.1. The normalized spacial score (nSPS) is 10.4. The van der Waals surface area contributed by atoms with E-state index in [2.05, 4.69) is 23.2 Å². The lowest BCUT2D eigenvalue weighted by molar-refractivity contribution is 1.22. The third-order valence-electron chi connectivity index (χ3n) is 4.88. The molecule has 4 rings (SSSR count). The molecule has 0 aliphatic carbocycles. The summed E-state index contributed by atoms with van der Waals surface area (Å²) < 4.78 is 0. The fourth-order valence-electron chi connectivity index (χ4n) is 3.39. The second-order valence-electron chi connectivity index (χ2n) is 6.67. The summed E-state index contributed by atoms with van der Waals surface area (Å²) in [5.41, 5.74) is 6.19. The Bertz CT molecular complexity index is 1230. The van der Waals surface area contributed by atoms with Crippen LogP contribution >= 0.6 is 0 Å². The fraction of sp³-hybridized carbons (Fsp3) is 0.0400. The summed E-state index contributed by atoms with van der Waals surface area (Å²) in [6, 6.07) is 29.9. The summed E-state index contributed by atoms with van der Waals surface area (Å²) >= 11 is 0. The van der Waals surface area contributed by atoms with E-state index in [4.69, 9.17) is 0 Å². The number of nitriles is 1. The largest absolute Gasteiger partial charge is 0.321 e. The Kier molecular flexibility index (Phi) is 4.62. The second kappa shape index (κ2) is 7.38. The van der Waals surface area contributed by atoms with Gasteiger partial charge >= 0.3 is 0 Å². The van der Waals surface area contributed by atoms with Crippen molar-refractivity contribution in [3.63, 3.8) is 0 Å². The van der Waals surface area contributed by atoms with Gasteiger partial charge < -0.3 is 4.98 Å². The Hall–Kier alpha value is -3.90. The monoisotopic (exact) mass is 362 g/mol. The van der Waals surface area contributed by atoms with Gasteiger partial charge in [-0.2, -0.15) is 5.26 Å². The van der Waals surface area contributed by atoms with E-state index in [1.54, 1.807) is 0 Å². The highest BCUT2D eigenvalue weighted by molar-refractivity contribution is 5.78. The number of hydrogen-bond donors (Lipinski definition) is 1. The zero-order valence-electron chi connectivity index (χ0n) is 15.4. The maximum atomic E-state index is 12.6. The van der Waals surface area contributed by atoms with E-state index in [1.165, 1.54) is 0 Å². The van der Waals surface area contributed by atoms with Gasteiger partial charge in [0.05, 0.1) is 0 Å². The molecule has 0 bridgehead atoms. The van der Waals surface area contributed by atoms with Crippen molar-refractivity contribution in [1.29, 1.82) is 5.26 Å². The van der Waals surface area contributed by atoms with Crippen LogP contribution in [0.15, 0.2) is 89.7 Å². The molecule has 0 aliphatic heterocycles. The molecule has 1 heterocycles. The Balaban J connectivity index is 1.82. The van der Waals surface area contributed by atoms with Gasteiger partial charge in [-0.1, -0.05) is 78.9 Å². The van der Waals surface area contributed by atoms with Crippen LogP contribution in [0.2, 0.25) is 0 Å². The van der Waals surface area contributed by atoms with E-state index in [9.17, 15) is 10.1 Å². The molecule has 28 heavy (non-hydrogen) atoms. The van der Waals surface area contributed by atoms with Gasteiger partial charge in [-0.3, -0.25) is 4.79 Å². The van der Waals surface area contributed by atoms with Crippen molar-refractivity contribution in [2.45, 2.75) is 6.92 Å². The van der Waals surface area contributed by atoms with Gasteiger partial charge in [0.2, 0.25) is 0 Å². The number of aromatic nitrogens is 1. The number of nitrogens with one attached hydrogen (secondary N) is 1. The van der Waals surface area contributed by atoms with Crippen molar-refractivity contribution in [2.24, 2.45) is 0 Å². The molecule has 1 N–H and O–H groups in total. The molecule has 0 amide bonds. The lowest BCUT2D eigenvalue weighted by Gasteiger charge is -2.11. The number of aryl methyl sites for hydroxylation is 1. The van der Waals surface area contributed by atoms with Gasteiger partial charge in [0.1, 0.15) is 11.6 Å². The van der Waals surface area contributed by atoms with Gasteiger partial charge in [-0.25, -0.2) is 0 Å². The van der Waals surface area contributed by atoms with Crippen LogP contribution in [-0.2, 0) is 0 Å². The van der Waals surface area contributed by atoms with Crippen molar-refractivity contribution in [3.8, 4) is 39.6 Å². The SMILES string of the molecule is Cc1ccccc1-c1cc(-c2ccc(-c3ccccc3)cc2)[nH]c(=O)c1C#N. The van der Waals surface area contributed by atoms with Crippen molar-refractivity contribution in [2.75, 3.05) is 0 Å². The second-order valence-corrected chi connectivity index (χ2v) is 6.67. The average molecular weight is 362 g/mol. The number of H-pyrrole nitrogens is 1. The first-order valence-corrected chi connectivity index (χ1v) is 9.06. The number of benzene rings is 3. The molecular formula is C25H18N2O. The lowest BCUT2D eigenvalue weighted by Crippen LogP contribution is -2.13. The number of pyridine rings is 1. The van der Waals surface area contributed by atoms with Crippen LogP contribution < -0.4 is 5.56 Å². The van der Waals surface area contributed by atoms with Crippen molar-refractivity contribution < 1.29 is 0 Å². The van der Waals surface area contributed by atoms with Gasteiger partial charge in [-0.05, 0) is 40.8 Å². The molecule has 4 aromatic rings. The van der Waals surface area contributed by atoms with Crippen LogP contribution in [0.5, 0.6) is 0 Å². The zero-order chi connectivity index (χ0) is 19.5. The Morgan fingerprint density at radius 2 is 1.36 bits per heavy atom. The molecule has 0 radical (unpaired) electrons. The molecule has 0 fully saturated rings. The molecule has 0 unspecified atom stereocenters. The predicted molar refractivity (Wildman–Crippen MR) is 113 cm³/mol. The Morgan fingerprint density at radius 3 is 2.04 bits per heavy atom. The summed E-state index contributed by atoms with van der Waals surface area (Å²) in [6.07, 6.45) is 0. The molecule has 3 nitrogen and oxygen atoms in total. The third kappa shape index (κ3) is 3.24. The van der Waals surface area contributed by atoms with Crippen molar-refractivity contribution in [1.82, 2.24) is 4.98 Å². The average Bonchev–Trinajstić information content (AvgIpc) is 2.74. The highest BCUT2D eigenvalue weighted by Crippen LogP contribution is 2.29. The molecule has 134 valence electrons. The highest BCUT2D eigenvalue weighted by Gasteiger charge is 2.14. The first-order chi connectivity index (χ1) is 13.7. The van der Waals surface area contributed by atoms with Crippen LogP contribution in [0.25, 0.3) is 33.5 Å². The number of hydrogen-bond acceptors (Lipinski definition) is 2. The quantitative estimate of drug-likeness (QED) is 0.519. The van der Waals surface area contributed by atoms with Crippen LogP contribution in [-0.4, -0.2) is 4.98 Å². The van der Waals surface area contributed by atoms with E-state index in [0.29, 0.717) is 11.3 Å².